The van der Waals surface area contributed by atoms with Crippen molar-refractivity contribution in [3.8, 4) is 5.75 Å². The second-order valence-electron chi connectivity index (χ2n) is 5.90. The van der Waals surface area contributed by atoms with E-state index in [4.69, 9.17) is 4.74 Å². The van der Waals surface area contributed by atoms with Crippen molar-refractivity contribution in [1.82, 2.24) is 0 Å². The van der Waals surface area contributed by atoms with Gasteiger partial charge in [0.15, 0.2) is 5.78 Å². The molecule has 2 fully saturated rings. The summed E-state index contributed by atoms with van der Waals surface area (Å²) in [5.41, 5.74) is -0.521. The molecule has 22 heavy (non-hydrogen) atoms. The zero-order chi connectivity index (χ0) is 15.9. The monoisotopic (exact) mass is 330 g/mol. The Balaban J connectivity index is 1.84. The lowest BCUT2D eigenvalue weighted by Gasteiger charge is -2.26. The van der Waals surface area contributed by atoms with Crippen LogP contribution in [0.1, 0.15) is 41.6 Å². The SMILES string of the molecule is COc1cc(C(=O)C2CC3CCC(C2)S3)ccc1C(F)(F)F. The topological polar surface area (TPSA) is 26.3 Å². The molecule has 2 heterocycles. The van der Waals surface area contributed by atoms with Gasteiger partial charge in [-0.2, -0.15) is 24.9 Å². The van der Waals surface area contributed by atoms with E-state index < -0.39 is 11.7 Å². The Kier molecular flexibility index (Phi) is 4.14. The molecule has 0 amide bonds. The van der Waals surface area contributed by atoms with E-state index in [1.807, 2.05) is 11.8 Å². The van der Waals surface area contributed by atoms with Crippen LogP contribution in [-0.2, 0) is 6.18 Å². The molecule has 0 saturated carbocycles. The number of ether oxygens (including phenoxy) is 1. The number of Topliss-reactive ketones (excluding diaryl/α,β-unsaturated/α-hetero) is 1. The highest BCUT2D eigenvalue weighted by molar-refractivity contribution is 8.00. The predicted octanol–water partition coefficient (Wildman–Crippen LogP) is 4.57. The van der Waals surface area contributed by atoms with Crippen LogP contribution in [0.15, 0.2) is 18.2 Å². The lowest BCUT2D eigenvalue weighted by molar-refractivity contribution is -0.138. The molecule has 0 spiro atoms. The number of halogens is 3. The summed E-state index contributed by atoms with van der Waals surface area (Å²) in [4.78, 5) is 12.6. The predicted molar refractivity (Wildman–Crippen MR) is 79.5 cm³/mol. The number of carbonyl (C=O) groups excluding carboxylic acids is 1. The molecule has 1 aromatic rings. The molecule has 0 radical (unpaired) electrons. The van der Waals surface area contributed by atoms with Gasteiger partial charge in [-0.3, -0.25) is 4.79 Å². The van der Waals surface area contributed by atoms with E-state index in [1.54, 1.807) is 0 Å². The van der Waals surface area contributed by atoms with Crippen LogP contribution < -0.4 is 4.74 Å². The van der Waals surface area contributed by atoms with Gasteiger partial charge in [0.05, 0.1) is 12.7 Å². The maximum Gasteiger partial charge on any atom is 0.419 e. The van der Waals surface area contributed by atoms with Crippen LogP contribution in [0, 0.1) is 5.92 Å². The van der Waals surface area contributed by atoms with Gasteiger partial charge in [0, 0.05) is 22.0 Å². The number of carbonyl (C=O) groups is 1. The molecule has 0 N–H and O–H groups in total. The summed E-state index contributed by atoms with van der Waals surface area (Å²) < 4.78 is 43.4. The smallest absolute Gasteiger partial charge is 0.419 e. The first-order valence-electron chi connectivity index (χ1n) is 7.33. The van der Waals surface area contributed by atoms with Gasteiger partial charge in [-0.05, 0) is 37.8 Å². The number of fused-ring (bicyclic) bond motifs is 2. The summed E-state index contributed by atoms with van der Waals surface area (Å²) in [6, 6.07) is 3.45. The summed E-state index contributed by atoms with van der Waals surface area (Å²) in [6.07, 6.45) is -0.509. The average Bonchev–Trinajstić information content (AvgIpc) is 2.83. The van der Waals surface area contributed by atoms with Gasteiger partial charge in [-0.15, -0.1) is 0 Å². The maximum atomic E-state index is 12.9. The Morgan fingerprint density at radius 1 is 1.23 bits per heavy atom. The molecule has 2 saturated heterocycles. The number of benzene rings is 1. The first kappa shape index (κ1) is 15.7. The van der Waals surface area contributed by atoms with E-state index in [-0.39, 0.29) is 17.5 Å². The van der Waals surface area contributed by atoms with E-state index in [0.29, 0.717) is 16.1 Å². The largest absolute Gasteiger partial charge is 0.496 e. The Labute approximate surface area is 131 Å². The van der Waals surface area contributed by atoms with Crippen molar-refractivity contribution in [1.29, 1.82) is 0 Å². The molecule has 3 rings (SSSR count). The lowest BCUT2D eigenvalue weighted by Crippen LogP contribution is -2.25. The van der Waals surface area contributed by atoms with Crippen molar-refractivity contribution in [2.75, 3.05) is 7.11 Å². The Hall–Kier alpha value is -1.17. The van der Waals surface area contributed by atoms with Crippen LogP contribution in [0.2, 0.25) is 0 Å². The van der Waals surface area contributed by atoms with Gasteiger partial charge in [0.25, 0.3) is 0 Å². The van der Waals surface area contributed by atoms with Crippen molar-refractivity contribution in [3.05, 3.63) is 29.3 Å². The van der Waals surface area contributed by atoms with Crippen molar-refractivity contribution < 1.29 is 22.7 Å². The normalized spacial score (nSPS) is 27.7. The van der Waals surface area contributed by atoms with Gasteiger partial charge < -0.3 is 4.74 Å². The van der Waals surface area contributed by atoms with Crippen LogP contribution in [0.5, 0.6) is 5.75 Å². The molecule has 6 heteroatoms. The van der Waals surface area contributed by atoms with Crippen molar-refractivity contribution in [2.45, 2.75) is 42.4 Å². The Morgan fingerprint density at radius 3 is 2.41 bits per heavy atom. The van der Waals surface area contributed by atoms with Gasteiger partial charge >= 0.3 is 6.18 Å². The fourth-order valence-corrected chi connectivity index (χ4v) is 5.16. The number of hydrogen-bond donors (Lipinski definition) is 0. The number of methoxy groups -OCH3 is 1. The summed E-state index contributed by atoms with van der Waals surface area (Å²) in [5, 5.41) is 1.06. The van der Waals surface area contributed by atoms with E-state index in [9.17, 15) is 18.0 Å². The molecule has 2 unspecified atom stereocenters. The zero-order valence-corrected chi connectivity index (χ0v) is 13.0. The second-order valence-corrected chi connectivity index (χ2v) is 7.51. The van der Waals surface area contributed by atoms with E-state index in [0.717, 1.165) is 31.7 Å². The quantitative estimate of drug-likeness (QED) is 0.759. The third kappa shape index (κ3) is 2.98. The Morgan fingerprint density at radius 2 is 1.86 bits per heavy atom. The number of alkyl halides is 3. The maximum absolute atomic E-state index is 12.9. The van der Waals surface area contributed by atoms with Gasteiger partial charge in [-0.1, -0.05) is 6.07 Å². The molecular weight excluding hydrogens is 313 g/mol. The van der Waals surface area contributed by atoms with Crippen LogP contribution in [0.25, 0.3) is 0 Å². The first-order valence-corrected chi connectivity index (χ1v) is 8.27. The van der Waals surface area contributed by atoms with Gasteiger partial charge in [0.2, 0.25) is 0 Å². The van der Waals surface area contributed by atoms with Crippen LogP contribution >= 0.6 is 11.8 Å². The second kappa shape index (κ2) is 5.80. The fraction of sp³-hybridized carbons (Fsp3) is 0.562. The number of ketones is 1. The highest BCUT2D eigenvalue weighted by Crippen LogP contribution is 2.47. The highest BCUT2D eigenvalue weighted by atomic mass is 32.2. The zero-order valence-electron chi connectivity index (χ0n) is 12.2. The highest BCUT2D eigenvalue weighted by Gasteiger charge is 2.39. The number of rotatable bonds is 3. The summed E-state index contributed by atoms with van der Waals surface area (Å²) in [6.45, 7) is 0. The first-order chi connectivity index (χ1) is 10.4. The minimum absolute atomic E-state index is 0.0516. The summed E-state index contributed by atoms with van der Waals surface area (Å²) >= 11 is 1.96. The van der Waals surface area contributed by atoms with Gasteiger partial charge in [0.1, 0.15) is 5.75 Å². The van der Waals surface area contributed by atoms with Crippen LogP contribution in [-0.4, -0.2) is 23.4 Å². The molecule has 120 valence electrons. The van der Waals surface area contributed by atoms with E-state index in [2.05, 4.69) is 0 Å². The molecule has 1 aromatic carbocycles. The van der Waals surface area contributed by atoms with Gasteiger partial charge in [-0.25, -0.2) is 0 Å². The molecule has 2 aliphatic heterocycles. The van der Waals surface area contributed by atoms with E-state index in [1.165, 1.54) is 19.2 Å². The Bertz CT molecular complexity index is 573. The minimum atomic E-state index is -4.48. The summed E-state index contributed by atoms with van der Waals surface area (Å²) in [7, 11) is 1.19. The lowest BCUT2D eigenvalue weighted by atomic mass is 9.90. The third-order valence-corrected chi connectivity index (χ3v) is 6.08. The molecule has 2 atom stereocenters. The molecule has 2 nitrogen and oxygen atoms in total. The average molecular weight is 330 g/mol. The molecule has 0 aromatic heterocycles. The fourth-order valence-electron chi connectivity index (χ4n) is 3.39. The van der Waals surface area contributed by atoms with Crippen LogP contribution in [0.3, 0.4) is 0 Å². The molecular formula is C16H17F3O2S. The molecule has 2 aliphatic rings. The third-order valence-electron chi connectivity index (χ3n) is 4.45. The molecule has 0 aliphatic carbocycles. The minimum Gasteiger partial charge on any atom is -0.496 e. The van der Waals surface area contributed by atoms with Crippen molar-refractivity contribution >= 4 is 17.5 Å². The standard InChI is InChI=1S/C16H17F3O2S/c1-21-14-8-9(2-5-13(14)16(17,18)19)15(20)10-6-11-3-4-12(7-10)22-11/h2,5,8,10-12H,3-4,6-7H2,1H3. The van der Waals surface area contributed by atoms with Crippen molar-refractivity contribution in [2.24, 2.45) is 5.92 Å². The van der Waals surface area contributed by atoms with Crippen LogP contribution in [0.4, 0.5) is 13.2 Å². The summed E-state index contributed by atoms with van der Waals surface area (Å²) in [5.74, 6) is -0.407. The number of hydrogen-bond acceptors (Lipinski definition) is 3. The van der Waals surface area contributed by atoms with Crippen molar-refractivity contribution in [3.63, 3.8) is 0 Å². The van der Waals surface area contributed by atoms with E-state index >= 15 is 0 Å². The number of thioether (sulfide) groups is 1. The molecule has 2 bridgehead atoms.